The van der Waals surface area contributed by atoms with E-state index in [1.807, 2.05) is 0 Å². The Hall–Kier alpha value is -0.570. The molecule has 0 radical (unpaired) electrons. The Kier molecular flexibility index (Phi) is 15.4. The Morgan fingerprint density at radius 3 is 1.86 bits per heavy atom. The first-order valence-corrected chi connectivity index (χ1v) is 9.07. The molecule has 0 aromatic carbocycles. The second-order valence-electron chi connectivity index (χ2n) is 6.01. The topological polar surface area (TPSA) is 46.5 Å². The molecule has 0 spiro atoms. The van der Waals surface area contributed by atoms with Crippen LogP contribution in [0.3, 0.4) is 0 Å². The van der Waals surface area contributed by atoms with E-state index in [0.29, 0.717) is 13.0 Å². The van der Waals surface area contributed by atoms with Crippen molar-refractivity contribution in [3.05, 3.63) is 0 Å². The summed E-state index contributed by atoms with van der Waals surface area (Å²) in [6.07, 6.45) is 13.8. The van der Waals surface area contributed by atoms with Crippen LogP contribution in [0, 0.1) is 0 Å². The third-order valence-electron chi connectivity index (χ3n) is 3.85. The SMILES string of the molecule is CCCCCCCCCCOC(=O)C(O)CCCCCC. The molecular weight excluding hydrogens is 264 g/mol. The highest BCUT2D eigenvalue weighted by Gasteiger charge is 2.15. The molecule has 0 aliphatic carbocycles. The highest BCUT2D eigenvalue weighted by Crippen LogP contribution is 2.09. The van der Waals surface area contributed by atoms with Gasteiger partial charge in [-0.25, -0.2) is 4.79 Å². The van der Waals surface area contributed by atoms with Crippen LogP contribution in [0.15, 0.2) is 0 Å². The minimum Gasteiger partial charge on any atom is -0.464 e. The summed E-state index contributed by atoms with van der Waals surface area (Å²) in [5.41, 5.74) is 0. The lowest BCUT2D eigenvalue weighted by molar-refractivity contribution is -0.154. The van der Waals surface area contributed by atoms with E-state index in [1.54, 1.807) is 0 Å². The molecule has 0 saturated carbocycles. The van der Waals surface area contributed by atoms with Gasteiger partial charge in [-0.3, -0.25) is 0 Å². The van der Waals surface area contributed by atoms with Crippen molar-refractivity contribution in [3.8, 4) is 0 Å². The van der Waals surface area contributed by atoms with E-state index in [2.05, 4.69) is 13.8 Å². The molecular formula is C18H36O3. The molecule has 3 heteroatoms. The quantitative estimate of drug-likeness (QED) is 0.342. The minimum absolute atomic E-state index is 0.436. The fourth-order valence-electron chi connectivity index (χ4n) is 2.39. The van der Waals surface area contributed by atoms with Gasteiger partial charge in [-0.2, -0.15) is 0 Å². The van der Waals surface area contributed by atoms with Gasteiger partial charge in [0.15, 0.2) is 6.10 Å². The van der Waals surface area contributed by atoms with Crippen molar-refractivity contribution < 1.29 is 14.6 Å². The van der Waals surface area contributed by atoms with Crippen LogP contribution in [0.1, 0.15) is 97.3 Å². The molecule has 0 rings (SSSR count). The molecule has 21 heavy (non-hydrogen) atoms. The third-order valence-corrected chi connectivity index (χ3v) is 3.85. The smallest absolute Gasteiger partial charge is 0.334 e. The first-order chi connectivity index (χ1) is 10.2. The van der Waals surface area contributed by atoms with Gasteiger partial charge in [0.2, 0.25) is 0 Å². The standard InChI is InChI=1S/C18H36O3/c1-3-5-7-9-10-11-12-14-16-21-18(20)17(19)15-13-8-6-4-2/h17,19H,3-16H2,1-2H3. The Morgan fingerprint density at radius 1 is 0.810 bits per heavy atom. The van der Waals surface area contributed by atoms with Gasteiger partial charge >= 0.3 is 5.97 Å². The zero-order valence-electron chi connectivity index (χ0n) is 14.2. The lowest BCUT2D eigenvalue weighted by atomic mass is 10.1. The van der Waals surface area contributed by atoms with Crippen molar-refractivity contribution in [2.24, 2.45) is 0 Å². The van der Waals surface area contributed by atoms with E-state index in [9.17, 15) is 9.90 Å². The van der Waals surface area contributed by atoms with Gasteiger partial charge in [-0.1, -0.05) is 84.5 Å². The monoisotopic (exact) mass is 300 g/mol. The fraction of sp³-hybridized carbons (Fsp3) is 0.944. The summed E-state index contributed by atoms with van der Waals surface area (Å²) in [5.74, 6) is -0.436. The number of ether oxygens (including phenoxy) is 1. The van der Waals surface area contributed by atoms with E-state index in [1.165, 1.54) is 51.4 Å². The molecule has 0 aromatic rings. The molecule has 0 heterocycles. The Morgan fingerprint density at radius 2 is 1.29 bits per heavy atom. The maximum absolute atomic E-state index is 11.5. The van der Waals surface area contributed by atoms with E-state index < -0.39 is 12.1 Å². The van der Waals surface area contributed by atoms with Crippen LogP contribution in [0.5, 0.6) is 0 Å². The molecule has 0 aliphatic rings. The molecule has 0 saturated heterocycles. The molecule has 0 bridgehead atoms. The molecule has 3 nitrogen and oxygen atoms in total. The summed E-state index contributed by atoms with van der Waals surface area (Å²) in [4.78, 5) is 11.5. The molecule has 1 N–H and O–H groups in total. The number of unbranched alkanes of at least 4 members (excludes halogenated alkanes) is 10. The lowest BCUT2D eigenvalue weighted by Crippen LogP contribution is -2.23. The molecule has 0 aromatic heterocycles. The summed E-state index contributed by atoms with van der Waals surface area (Å²) in [5, 5.41) is 9.67. The third kappa shape index (κ3) is 14.1. The molecule has 0 amide bonds. The van der Waals surface area contributed by atoms with Crippen LogP contribution in [-0.2, 0) is 9.53 Å². The van der Waals surface area contributed by atoms with Gasteiger partial charge in [-0.05, 0) is 12.8 Å². The van der Waals surface area contributed by atoms with Crippen molar-refractivity contribution in [1.82, 2.24) is 0 Å². The number of esters is 1. The maximum atomic E-state index is 11.5. The molecule has 0 fully saturated rings. The number of rotatable bonds is 15. The van der Waals surface area contributed by atoms with Crippen molar-refractivity contribution in [2.45, 2.75) is 103 Å². The maximum Gasteiger partial charge on any atom is 0.334 e. The van der Waals surface area contributed by atoms with Crippen molar-refractivity contribution >= 4 is 5.97 Å². The van der Waals surface area contributed by atoms with Gasteiger partial charge in [-0.15, -0.1) is 0 Å². The van der Waals surface area contributed by atoms with Crippen molar-refractivity contribution in [2.75, 3.05) is 6.61 Å². The number of carbonyl (C=O) groups excluding carboxylic acids is 1. The van der Waals surface area contributed by atoms with E-state index >= 15 is 0 Å². The fourth-order valence-corrected chi connectivity index (χ4v) is 2.39. The molecule has 0 aliphatic heterocycles. The number of hydrogen-bond acceptors (Lipinski definition) is 3. The van der Waals surface area contributed by atoms with Gasteiger partial charge in [0.25, 0.3) is 0 Å². The van der Waals surface area contributed by atoms with E-state index in [4.69, 9.17) is 4.74 Å². The average Bonchev–Trinajstić information content (AvgIpc) is 2.49. The number of aliphatic hydroxyl groups is 1. The molecule has 126 valence electrons. The van der Waals surface area contributed by atoms with Gasteiger partial charge < -0.3 is 9.84 Å². The van der Waals surface area contributed by atoms with Crippen molar-refractivity contribution in [1.29, 1.82) is 0 Å². The summed E-state index contributed by atoms with van der Waals surface area (Å²) >= 11 is 0. The summed E-state index contributed by atoms with van der Waals surface area (Å²) < 4.78 is 5.12. The molecule has 1 atom stereocenters. The van der Waals surface area contributed by atoms with Crippen LogP contribution in [-0.4, -0.2) is 23.8 Å². The van der Waals surface area contributed by atoms with Crippen LogP contribution in [0.2, 0.25) is 0 Å². The van der Waals surface area contributed by atoms with Gasteiger partial charge in [0.05, 0.1) is 6.61 Å². The highest BCUT2D eigenvalue weighted by molar-refractivity contribution is 5.74. The average molecular weight is 300 g/mol. The highest BCUT2D eigenvalue weighted by atomic mass is 16.5. The van der Waals surface area contributed by atoms with Gasteiger partial charge in [0.1, 0.15) is 0 Å². The summed E-state index contributed by atoms with van der Waals surface area (Å²) in [6.45, 7) is 4.83. The van der Waals surface area contributed by atoms with Crippen molar-refractivity contribution in [3.63, 3.8) is 0 Å². The number of hydrogen-bond donors (Lipinski definition) is 1. The number of carbonyl (C=O) groups is 1. The summed E-state index contributed by atoms with van der Waals surface area (Å²) in [7, 11) is 0. The minimum atomic E-state index is -0.920. The van der Waals surface area contributed by atoms with Crippen LogP contribution in [0.25, 0.3) is 0 Å². The largest absolute Gasteiger partial charge is 0.464 e. The van der Waals surface area contributed by atoms with Crippen LogP contribution < -0.4 is 0 Å². The predicted octanol–water partition coefficient (Wildman–Crippen LogP) is 5.00. The van der Waals surface area contributed by atoms with Crippen LogP contribution in [0.4, 0.5) is 0 Å². The zero-order chi connectivity index (χ0) is 15.8. The zero-order valence-corrected chi connectivity index (χ0v) is 14.2. The normalized spacial score (nSPS) is 12.3. The Balaban J connectivity index is 3.32. The van der Waals surface area contributed by atoms with Gasteiger partial charge in [0, 0.05) is 0 Å². The summed E-state index contributed by atoms with van der Waals surface area (Å²) in [6, 6.07) is 0. The lowest BCUT2D eigenvalue weighted by Gasteiger charge is -2.10. The number of aliphatic hydroxyl groups excluding tert-OH is 1. The predicted molar refractivity (Wildman–Crippen MR) is 88.3 cm³/mol. The Bertz CT molecular complexity index is 229. The van der Waals surface area contributed by atoms with E-state index in [0.717, 1.165) is 25.7 Å². The molecule has 1 unspecified atom stereocenters. The first-order valence-electron chi connectivity index (χ1n) is 9.07. The Labute approximate surface area is 131 Å². The van der Waals surface area contributed by atoms with E-state index in [-0.39, 0.29) is 0 Å². The first kappa shape index (κ1) is 20.4. The second-order valence-corrected chi connectivity index (χ2v) is 6.01. The van der Waals surface area contributed by atoms with Crippen LogP contribution >= 0.6 is 0 Å². The second kappa shape index (κ2) is 15.8.